The van der Waals surface area contributed by atoms with Crippen LogP contribution in [0.1, 0.15) is 42.5 Å². The normalized spacial score (nSPS) is 17.4. The molecular formula is C36H32ClF2N7O5S. The summed E-state index contributed by atoms with van der Waals surface area (Å²) in [5, 5.41) is 7.44. The average Bonchev–Trinajstić information content (AvgIpc) is 3.70. The molecule has 0 spiro atoms. The Bertz CT molecular complexity index is 2370. The largest absolute Gasteiger partial charge is 0.326 e. The van der Waals surface area contributed by atoms with E-state index in [1.807, 2.05) is 0 Å². The van der Waals surface area contributed by atoms with E-state index < -0.39 is 58.6 Å². The summed E-state index contributed by atoms with van der Waals surface area (Å²) < 4.78 is 61.4. The molecule has 1 saturated heterocycles. The Balaban J connectivity index is 1.17. The molecule has 16 heteroatoms. The zero-order valence-corrected chi connectivity index (χ0v) is 29.5. The number of ketones is 1. The van der Waals surface area contributed by atoms with Crippen LogP contribution < -0.4 is 10.0 Å². The molecule has 2 aromatic heterocycles. The molecule has 2 aliphatic rings. The number of carbonyl (C=O) groups is 3. The second-order valence-corrected chi connectivity index (χ2v) is 15.0. The van der Waals surface area contributed by atoms with Crippen LogP contribution in [0, 0.1) is 12.7 Å². The molecule has 0 bridgehead atoms. The van der Waals surface area contributed by atoms with Gasteiger partial charge in [0.25, 0.3) is 0 Å². The molecular weight excluding hydrogens is 716 g/mol. The third-order valence-electron chi connectivity index (χ3n) is 9.03. The highest BCUT2D eigenvalue weighted by Crippen LogP contribution is 2.36. The zero-order valence-electron chi connectivity index (χ0n) is 27.9. The number of hydrogen-bond acceptors (Lipinski definition) is 8. The van der Waals surface area contributed by atoms with Crippen LogP contribution in [-0.2, 0) is 26.2 Å². The van der Waals surface area contributed by atoms with Crippen LogP contribution in [0.5, 0.6) is 0 Å². The first-order chi connectivity index (χ1) is 24.8. The van der Waals surface area contributed by atoms with Crippen molar-refractivity contribution in [1.29, 1.82) is 0 Å². The molecule has 7 rings (SSSR count). The number of anilines is 1. The van der Waals surface area contributed by atoms with Crippen molar-refractivity contribution in [3.63, 3.8) is 0 Å². The fourth-order valence-electron chi connectivity index (χ4n) is 6.23. The number of Topliss-reactive ketones (excluding diaryl/α,β-unsaturated/α-hetero) is 1. The summed E-state index contributed by atoms with van der Waals surface area (Å²) in [5.74, 6) is -2.29. The Labute approximate surface area is 302 Å². The first kappa shape index (κ1) is 35.3. The van der Waals surface area contributed by atoms with Gasteiger partial charge in [-0.1, -0.05) is 35.9 Å². The number of alkyl halides is 1. The number of benzene rings is 3. The summed E-state index contributed by atoms with van der Waals surface area (Å²) in [5.41, 5.74) is 1.55. The highest BCUT2D eigenvalue weighted by Gasteiger charge is 2.40. The van der Waals surface area contributed by atoms with E-state index in [-0.39, 0.29) is 45.0 Å². The van der Waals surface area contributed by atoms with Gasteiger partial charge in [-0.2, -0.15) is 5.10 Å². The minimum absolute atomic E-state index is 0.118. The summed E-state index contributed by atoms with van der Waals surface area (Å²) in [6.45, 7) is 2.26. The molecule has 3 aromatic carbocycles. The van der Waals surface area contributed by atoms with Gasteiger partial charge >= 0.3 is 0 Å². The fourth-order valence-corrected chi connectivity index (χ4v) is 7.83. The Morgan fingerprint density at radius 3 is 2.42 bits per heavy atom. The number of carbonyl (C=O) groups excluding carboxylic acids is 3. The number of hydrogen-bond donors (Lipinski definition) is 2. The van der Waals surface area contributed by atoms with Gasteiger partial charge in [0.05, 0.1) is 22.6 Å². The van der Waals surface area contributed by atoms with Crippen LogP contribution in [0.4, 0.5) is 14.5 Å². The number of nitrogens with zero attached hydrogens (tertiary/aromatic N) is 5. The monoisotopic (exact) mass is 747 g/mol. The lowest BCUT2D eigenvalue weighted by molar-refractivity contribution is -0.137. The molecule has 0 unspecified atom stereocenters. The van der Waals surface area contributed by atoms with Crippen molar-refractivity contribution in [3.05, 3.63) is 89.3 Å². The number of aryl methyl sites for hydroxylation is 1. The maximum Gasteiger partial charge on any atom is 0.247 e. The van der Waals surface area contributed by atoms with Gasteiger partial charge in [0, 0.05) is 58.9 Å². The van der Waals surface area contributed by atoms with Crippen molar-refractivity contribution >= 4 is 55.8 Å². The molecule has 0 radical (unpaired) electrons. The number of amides is 2. The van der Waals surface area contributed by atoms with E-state index >= 15 is 4.39 Å². The minimum Gasteiger partial charge on any atom is -0.326 e. The van der Waals surface area contributed by atoms with Gasteiger partial charge in [0.2, 0.25) is 21.8 Å². The molecule has 268 valence electrons. The van der Waals surface area contributed by atoms with E-state index in [0.717, 1.165) is 22.6 Å². The first-order valence-electron chi connectivity index (χ1n) is 16.4. The highest BCUT2D eigenvalue weighted by atomic mass is 35.5. The molecule has 5 aromatic rings. The summed E-state index contributed by atoms with van der Waals surface area (Å²) in [7, 11) is -4.12. The fraction of sp³-hybridized carbons (Fsp3) is 0.278. The van der Waals surface area contributed by atoms with Crippen molar-refractivity contribution in [2.75, 3.05) is 11.9 Å². The molecule has 2 fully saturated rings. The summed E-state index contributed by atoms with van der Waals surface area (Å²) in [6, 6.07) is 12.0. The number of aromatic nitrogens is 4. The number of sulfonamides is 1. The van der Waals surface area contributed by atoms with Gasteiger partial charge in [-0.25, -0.2) is 31.9 Å². The topological polar surface area (TPSA) is 156 Å². The van der Waals surface area contributed by atoms with Crippen LogP contribution in [0.2, 0.25) is 5.02 Å². The number of halogens is 3. The predicted octanol–water partition coefficient (Wildman–Crippen LogP) is 5.48. The smallest absolute Gasteiger partial charge is 0.247 e. The lowest BCUT2D eigenvalue weighted by atomic mass is 10.0. The third-order valence-corrected chi connectivity index (χ3v) is 10.9. The zero-order chi connectivity index (χ0) is 36.9. The standard InChI is InChI=1S/C36H32ClF2N7O5S/c1-19(47)35-28-11-21(22-15-40-20(2)41-16-22)7-10-31(28)46(43-35)18-33(48)45-17-23(38)12-32(45)36(49)42-30-14-25(52(50,51)44-24-8-9-24)13-27(34(30)39)26-5-3-4-6-29(26)37/h3-7,10-11,13-16,23-24,32,44H,8-9,12,17-18H2,1-2H3,(H,42,49)/t23-,32+/m1/s1. The molecule has 12 nitrogen and oxygen atoms in total. The third kappa shape index (κ3) is 7.03. The molecule has 1 aliphatic carbocycles. The Hall–Kier alpha value is -5.12. The highest BCUT2D eigenvalue weighted by molar-refractivity contribution is 7.89. The Kier molecular flexibility index (Phi) is 9.35. The van der Waals surface area contributed by atoms with Crippen molar-refractivity contribution < 1.29 is 31.6 Å². The number of likely N-dealkylation sites (tertiary alicyclic amines) is 1. The predicted molar refractivity (Wildman–Crippen MR) is 189 cm³/mol. The molecule has 52 heavy (non-hydrogen) atoms. The summed E-state index contributed by atoms with van der Waals surface area (Å²) in [6.07, 6.45) is 2.68. The Morgan fingerprint density at radius 2 is 1.73 bits per heavy atom. The lowest BCUT2D eigenvalue weighted by Gasteiger charge is -2.24. The van der Waals surface area contributed by atoms with Gasteiger partial charge in [0.15, 0.2) is 11.6 Å². The van der Waals surface area contributed by atoms with Crippen LogP contribution >= 0.6 is 11.6 Å². The van der Waals surface area contributed by atoms with Crippen molar-refractivity contribution in [1.82, 2.24) is 29.4 Å². The minimum atomic E-state index is -4.12. The van der Waals surface area contributed by atoms with E-state index in [9.17, 15) is 27.2 Å². The maximum absolute atomic E-state index is 16.1. The second kappa shape index (κ2) is 13.8. The van der Waals surface area contributed by atoms with Crippen molar-refractivity contribution in [2.24, 2.45) is 0 Å². The molecule has 2 amide bonds. The molecule has 2 N–H and O–H groups in total. The van der Waals surface area contributed by atoms with Crippen LogP contribution in [-0.4, -0.2) is 75.5 Å². The van der Waals surface area contributed by atoms with Gasteiger partial charge in [-0.3, -0.25) is 19.1 Å². The lowest BCUT2D eigenvalue weighted by Crippen LogP contribution is -2.44. The van der Waals surface area contributed by atoms with E-state index in [0.29, 0.717) is 35.1 Å². The van der Waals surface area contributed by atoms with Crippen molar-refractivity contribution in [2.45, 2.75) is 62.8 Å². The van der Waals surface area contributed by atoms with Crippen LogP contribution in [0.15, 0.2) is 71.9 Å². The first-order valence-corrected chi connectivity index (χ1v) is 18.3. The quantitative estimate of drug-likeness (QED) is 0.178. The van der Waals surface area contributed by atoms with E-state index in [2.05, 4.69) is 25.1 Å². The summed E-state index contributed by atoms with van der Waals surface area (Å²) >= 11 is 6.35. The molecule has 1 saturated carbocycles. The number of rotatable bonds is 10. The van der Waals surface area contributed by atoms with Crippen LogP contribution in [0.25, 0.3) is 33.2 Å². The van der Waals surface area contributed by atoms with E-state index in [4.69, 9.17) is 11.6 Å². The van der Waals surface area contributed by atoms with Crippen molar-refractivity contribution in [3.8, 4) is 22.3 Å². The van der Waals surface area contributed by atoms with E-state index in [1.54, 1.807) is 49.6 Å². The average molecular weight is 748 g/mol. The summed E-state index contributed by atoms with van der Waals surface area (Å²) in [4.78, 5) is 49.3. The van der Waals surface area contributed by atoms with Crippen LogP contribution in [0.3, 0.4) is 0 Å². The molecule has 2 atom stereocenters. The van der Waals surface area contributed by atoms with Gasteiger partial charge in [-0.05, 0) is 55.7 Å². The van der Waals surface area contributed by atoms with E-state index in [1.165, 1.54) is 23.7 Å². The molecule has 3 heterocycles. The maximum atomic E-state index is 16.1. The Morgan fingerprint density at radius 1 is 1.00 bits per heavy atom. The SMILES string of the molecule is CC(=O)c1nn(CC(=O)N2C[C@H](F)C[C@H]2C(=O)Nc2cc(S(=O)(=O)NC3CC3)cc(-c3ccccc3Cl)c2F)c2ccc(-c3cnc(C)nc3)cc12. The molecule has 1 aliphatic heterocycles. The second-order valence-electron chi connectivity index (χ2n) is 12.9. The number of nitrogens with one attached hydrogen (secondary N) is 2. The number of fused-ring (bicyclic) bond motifs is 1. The van der Waals surface area contributed by atoms with Gasteiger partial charge < -0.3 is 10.2 Å². The van der Waals surface area contributed by atoms with Gasteiger partial charge in [-0.15, -0.1) is 0 Å². The van der Waals surface area contributed by atoms with Gasteiger partial charge in [0.1, 0.15) is 30.3 Å².